The highest BCUT2D eigenvalue weighted by Gasteiger charge is 2.62. The largest absolute Gasteiger partial charge is 0.390 e. The summed E-state index contributed by atoms with van der Waals surface area (Å²) >= 11 is 0. The predicted octanol–water partition coefficient (Wildman–Crippen LogP) is -1.32. The molecule has 1 saturated heterocycles. The maximum atomic E-state index is 12.8. The molecule has 4 rings (SSSR count). The first-order valence-electron chi connectivity index (χ1n) is 11.7. The molecule has 0 spiro atoms. The van der Waals surface area contributed by atoms with Crippen molar-refractivity contribution in [1.29, 1.82) is 0 Å². The number of carbonyl (C=O) groups is 1. The first-order chi connectivity index (χ1) is 15.8. The lowest BCUT2D eigenvalue weighted by atomic mass is 9.75. The van der Waals surface area contributed by atoms with Gasteiger partial charge in [-0.1, -0.05) is 13.0 Å². The number of likely N-dealkylation sites (N-methyl/N-ethyl adjacent to an activating group) is 2. The zero-order valence-corrected chi connectivity index (χ0v) is 19.3. The molecule has 184 valence electrons. The lowest BCUT2D eigenvalue weighted by Gasteiger charge is -2.58. The quantitative estimate of drug-likeness (QED) is 0.302. The Labute approximate surface area is 194 Å². The van der Waals surface area contributed by atoms with Gasteiger partial charge in [0.1, 0.15) is 24.4 Å². The second-order valence-electron chi connectivity index (χ2n) is 9.59. The monoisotopic (exact) mass is 464 g/mol. The summed E-state index contributed by atoms with van der Waals surface area (Å²) in [4.78, 5) is 16.8. The van der Waals surface area contributed by atoms with Gasteiger partial charge in [-0.15, -0.1) is 0 Å². The highest BCUT2D eigenvalue weighted by atomic mass is 16.7. The van der Waals surface area contributed by atoms with Crippen LogP contribution in [0.15, 0.2) is 24.5 Å². The second-order valence-corrected chi connectivity index (χ2v) is 9.59. The molecule has 3 fully saturated rings. The number of ether oxygens (including phenoxy) is 2. The van der Waals surface area contributed by atoms with Gasteiger partial charge in [-0.3, -0.25) is 9.78 Å². The van der Waals surface area contributed by atoms with Crippen molar-refractivity contribution in [3.63, 3.8) is 0 Å². The predicted molar refractivity (Wildman–Crippen MR) is 119 cm³/mol. The Morgan fingerprint density at radius 2 is 1.94 bits per heavy atom. The van der Waals surface area contributed by atoms with Crippen LogP contribution in [-0.2, 0) is 20.7 Å². The molecule has 2 aliphatic carbocycles. The van der Waals surface area contributed by atoms with Crippen LogP contribution in [0.5, 0.6) is 0 Å². The Kier molecular flexibility index (Phi) is 7.35. The van der Waals surface area contributed by atoms with Gasteiger partial charge in [-0.2, -0.15) is 0 Å². The fourth-order valence-electron chi connectivity index (χ4n) is 5.58. The number of pyridine rings is 1. The van der Waals surface area contributed by atoms with E-state index < -0.39 is 54.4 Å². The number of hydrogen-bond donors (Lipinski definition) is 6. The molecule has 1 aliphatic heterocycles. The summed E-state index contributed by atoms with van der Waals surface area (Å²) in [6.07, 6.45) is 1.04. The number of nitrogens with zero attached hydrogens (tertiary/aromatic N) is 1. The SMILES string of the molecule is CN[C@@H]1[C@H](O)[C@H](NC)[C@H]2O[C@@]3(O)[C@H](NC(=O)CCc4cccnc4)C[C@@H](C)C[C@H]3O[C@@H]2[C@H]1O. The Morgan fingerprint density at radius 1 is 1.18 bits per heavy atom. The number of rotatable bonds is 6. The molecule has 33 heavy (non-hydrogen) atoms. The van der Waals surface area contributed by atoms with Gasteiger partial charge in [-0.05, 0) is 50.9 Å². The summed E-state index contributed by atoms with van der Waals surface area (Å²) in [6, 6.07) is 1.88. The van der Waals surface area contributed by atoms with E-state index in [1.54, 1.807) is 26.5 Å². The normalized spacial score (nSPS) is 42.8. The van der Waals surface area contributed by atoms with Crippen molar-refractivity contribution in [2.45, 2.75) is 87.0 Å². The Balaban J connectivity index is 1.51. The van der Waals surface area contributed by atoms with Crippen LogP contribution >= 0.6 is 0 Å². The summed E-state index contributed by atoms with van der Waals surface area (Å²) < 4.78 is 12.5. The highest BCUT2D eigenvalue weighted by molar-refractivity contribution is 5.76. The summed E-state index contributed by atoms with van der Waals surface area (Å²) in [6.45, 7) is 2.04. The Morgan fingerprint density at radius 3 is 2.61 bits per heavy atom. The third kappa shape index (κ3) is 4.66. The highest BCUT2D eigenvalue weighted by Crippen LogP contribution is 2.44. The number of aryl methyl sites for hydroxylation is 1. The van der Waals surface area contributed by atoms with E-state index in [1.807, 2.05) is 19.1 Å². The fraction of sp³-hybridized carbons (Fsp3) is 0.739. The van der Waals surface area contributed by atoms with Crippen LogP contribution in [0, 0.1) is 5.92 Å². The molecule has 3 aliphatic rings. The van der Waals surface area contributed by atoms with Crippen LogP contribution < -0.4 is 16.0 Å². The number of aliphatic hydroxyl groups excluding tert-OH is 2. The van der Waals surface area contributed by atoms with Crippen molar-refractivity contribution in [2.24, 2.45) is 5.92 Å². The van der Waals surface area contributed by atoms with E-state index in [0.717, 1.165) is 5.56 Å². The minimum atomic E-state index is -1.77. The van der Waals surface area contributed by atoms with E-state index in [1.165, 1.54) is 0 Å². The zero-order valence-electron chi connectivity index (χ0n) is 19.3. The molecule has 0 aromatic carbocycles. The number of aromatic nitrogens is 1. The standard InChI is InChI=1S/C23H36N4O6/c1-12-9-14(27-16(28)7-6-13-5-4-8-26-11-13)23(31)15(10-12)32-22-20(30)17(24-2)19(29)18(25-3)21(22)33-23/h4-5,8,11-12,14-15,17-22,24-25,29-31H,6-7,9-10H2,1-3H3,(H,27,28)/t12-,14-,15-,17-,18+,19+,20+,21-,22-,23+/m1/s1. The van der Waals surface area contributed by atoms with Crippen molar-refractivity contribution in [1.82, 2.24) is 20.9 Å². The molecule has 1 aromatic rings. The molecule has 2 saturated carbocycles. The van der Waals surface area contributed by atoms with Gasteiger partial charge >= 0.3 is 0 Å². The van der Waals surface area contributed by atoms with Crippen LogP contribution in [-0.4, -0.2) is 94.7 Å². The van der Waals surface area contributed by atoms with E-state index in [9.17, 15) is 20.1 Å². The minimum Gasteiger partial charge on any atom is -0.390 e. The minimum absolute atomic E-state index is 0.172. The van der Waals surface area contributed by atoms with Crippen molar-refractivity contribution < 1.29 is 29.6 Å². The third-order valence-electron chi connectivity index (χ3n) is 7.34. The Hall–Kier alpha value is -1.66. The van der Waals surface area contributed by atoms with Crippen LogP contribution in [0.2, 0.25) is 0 Å². The van der Waals surface area contributed by atoms with Crippen LogP contribution in [0.1, 0.15) is 31.7 Å². The van der Waals surface area contributed by atoms with Crippen LogP contribution in [0.4, 0.5) is 0 Å². The van der Waals surface area contributed by atoms with Gasteiger partial charge in [0.05, 0.1) is 24.2 Å². The Bertz CT molecular complexity index is 815. The maximum Gasteiger partial charge on any atom is 0.220 e. The number of aliphatic hydroxyl groups is 3. The fourth-order valence-corrected chi connectivity index (χ4v) is 5.58. The van der Waals surface area contributed by atoms with E-state index >= 15 is 0 Å². The third-order valence-corrected chi connectivity index (χ3v) is 7.34. The number of amides is 1. The zero-order chi connectivity index (χ0) is 23.8. The summed E-state index contributed by atoms with van der Waals surface area (Å²) in [5, 5.41) is 42.3. The molecular weight excluding hydrogens is 428 g/mol. The van der Waals surface area contributed by atoms with Gasteiger partial charge < -0.3 is 40.7 Å². The molecule has 0 radical (unpaired) electrons. The van der Waals surface area contributed by atoms with Crippen molar-refractivity contribution in [2.75, 3.05) is 14.1 Å². The van der Waals surface area contributed by atoms with E-state index in [4.69, 9.17) is 9.47 Å². The molecule has 2 heterocycles. The molecule has 10 heteroatoms. The lowest BCUT2D eigenvalue weighted by Crippen LogP contribution is -2.78. The molecule has 0 bridgehead atoms. The van der Waals surface area contributed by atoms with Gasteiger partial charge in [-0.25, -0.2) is 0 Å². The number of carbonyl (C=O) groups excluding carboxylic acids is 1. The second kappa shape index (κ2) is 9.91. The molecule has 0 unspecified atom stereocenters. The summed E-state index contributed by atoms with van der Waals surface area (Å²) in [7, 11) is 3.36. The van der Waals surface area contributed by atoms with Crippen LogP contribution in [0.25, 0.3) is 0 Å². The molecule has 1 aromatic heterocycles. The number of fused-ring (bicyclic) bond motifs is 2. The molecule has 1 amide bonds. The first kappa shape index (κ1) is 24.5. The van der Waals surface area contributed by atoms with Crippen LogP contribution in [0.3, 0.4) is 0 Å². The number of hydrogen-bond acceptors (Lipinski definition) is 9. The summed E-state index contributed by atoms with van der Waals surface area (Å²) in [5.41, 5.74) is 0.961. The van der Waals surface area contributed by atoms with Crippen molar-refractivity contribution >= 4 is 5.91 Å². The van der Waals surface area contributed by atoms with Gasteiger partial charge in [0.2, 0.25) is 11.7 Å². The van der Waals surface area contributed by atoms with Crippen molar-refractivity contribution in [3.05, 3.63) is 30.1 Å². The molecule has 6 N–H and O–H groups in total. The van der Waals surface area contributed by atoms with Gasteiger partial charge in [0.25, 0.3) is 0 Å². The lowest BCUT2D eigenvalue weighted by molar-refractivity contribution is -0.392. The van der Waals surface area contributed by atoms with E-state index in [-0.39, 0.29) is 18.2 Å². The summed E-state index contributed by atoms with van der Waals surface area (Å²) in [5.74, 6) is -1.79. The average molecular weight is 465 g/mol. The van der Waals surface area contributed by atoms with Crippen molar-refractivity contribution in [3.8, 4) is 0 Å². The first-order valence-corrected chi connectivity index (χ1v) is 11.7. The smallest absolute Gasteiger partial charge is 0.220 e. The maximum absolute atomic E-state index is 12.8. The average Bonchev–Trinajstić information content (AvgIpc) is 2.79. The molecular formula is C23H36N4O6. The topological polar surface area (TPSA) is 145 Å². The number of nitrogens with one attached hydrogen (secondary N) is 3. The van der Waals surface area contributed by atoms with E-state index in [0.29, 0.717) is 19.3 Å². The molecule has 10 nitrogen and oxygen atoms in total. The van der Waals surface area contributed by atoms with Gasteiger partial charge in [0.15, 0.2) is 0 Å². The molecule has 10 atom stereocenters. The van der Waals surface area contributed by atoms with E-state index in [2.05, 4.69) is 20.9 Å². The van der Waals surface area contributed by atoms with Gasteiger partial charge in [0, 0.05) is 18.8 Å².